The van der Waals surface area contributed by atoms with Gasteiger partial charge < -0.3 is 19.7 Å². The minimum atomic E-state index is 0. The number of hydrogen-bond donors (Lipinski definition) is 1. The van der Waals surface area contributed by atoms with Gasteiger partial charge in [-0.3, -0.25) is 4.99 Å². The Kier molecular flexibility index (Phi) is 10.2. The lowest BCUT2D eigenvalue weighted by Crippen LogP contribution is -2.40. The van der Waals surface area contributed by atoms with Crippen LogP contribution in [0.5, 0.6) is 11.5 Å². The summed E-state index contributed by atoms with van der Waals surface area (Å²) < 4.78 is 10.5. The van der Waals surface area contributed by atoms with Crippen molar-refractivity contribution in [2.45, 2.75) is 6.42 Å². The van der Waals surface area contributed by atoms with E-state index >= 15 is 0 Å². The van der Waals surface area contributed by atoms with Gasteiger partial charge >= 0.3 is 0 Å². The van der Waals surface area contributed by atoms with E-state index < -0.39 is 0 Å². The van der Waals surface area contributed by atoms with Crippen LogP contribution in [0.1, 0.15) is 5.56 Å². The first-order valence-electron chi connectivity index (χ1n) is 6.72. The van der Waals surface area contributed by atoms with Crippen molar-refractivity contribution >= 4 is 29.9 Å². The van der Waals surface area contributed by atoms with Crippen LogP contribution in [-0.2, 0) is 6.42 Å². The Balaban J connectivity index is 0.00000441. The molecule has 0 saturated carbocycles. The van der Waals surface area contributed by atoms with E-state index in [0.29, 0.717) is 6.54 Å². The predicted molar refractivity (Wildman–Crippen MR) is 101 cm³/mol. The lowest BCUT2D eigenvalue weighted by atomic mass is 10.1. The van der Waals surface area contributed by atoms with Gasteiger partial charge in [0.2, 0.25) is 0 Å². The number of aliphatic imine (C=N–C) groups is 1. The Bertz CT molecular complexity index is 527. The summed E-state index contributed by atoms with van der Waals surface area (Å²) in [5.41, 5.74) is 1.17. The topological polar surface area (TPSA) is 46.1 Å². The third kappa shape index (κ3) is 6.02. The predicted octanol–water partition coefficient (Wildman–Crippen LogP) is 2.00. The lowest BCUT2D eigenvalue weighted by molar-refractivity contribution is 0.354. The van der Waals surface area contributed by atoms with E-state index in [2.05, 4.69) is 16.2 Å². The zero-order valence-electron chi connectivity index (χ0n) is 13.5. The second kappa shape index (κ2) is 11.0. The Hall–Kier alpha value is -1.62. The molecular weight excluding hydrogens is 393 g/mol. The second-order valence-corrected chi connectivity index (χ2v) is 4.47. The first kappa shape index (κ1) is 20.4. The number of rotatable bonds is 6. The molecule has 0 heterocycles. The number of benzene rings is 1. The number of guanidine groups is 1. The molecule has 0 atom stereocenters. The molecule has 1 N–H and O–H groups in total. The van der Waals surface area contributed by atoms with Crippen LogP contribution < -0.4 is 14.8 Å². The smallest absolute Gasteiger partial charge is 0.194 e. The van der Waals surface area contributed by atoms with Crippen LogP contribution in [0.25, 0.3) is 0 Å². The molecule has 1 aromatic carbocycles. The molecule has 0 aliphatic carbocycles. The number of terminal acetylenes is 1. The molecule has 0 aliphatic rings. The monoisotopic (exact) mass is 417 g/mol. The molecule has 6 heteroatoms. The van der Waals surface area contributed by atoms with Gasteiger partial charge in [-0.15, -0.1) is 30.4 Å². The quantitative estimate of drug-likeness (QED) is 0.333. The van der Waals surface area contributed by atoms with E-state index in [0.717, 1.165) is 30.4 Å². The Morgan fingerprint density at radius 1 is 1.32 bits per heavy atom. The number of halogens is 1. The number of ether oxygens (including phenoxy) is 2. The van der Waals surface area contributed by atoms with Gasteiger partial charge in [0, 0.05) is 20.6 Å². The molecule has 0 radical (unpaired) electrons. The molecular formula is C16H24IN3O2. The third-order valence-corrected chi connectivity index (χ3v) is 3.11. The number of methoxy groups -OCH3 is 2. The highest BCUT2D eigenvalue weighted by atomic mass is 127. The molecule has 1 aromatic rings. The number of likely N-dealkylation sites (N-methyl/N-ethyl adjacent to an activating group) is 1. The van der Waals surface area contributed by atoms with Crippen molar-refractivity contribution in [3.05, 3.63) is 23.8 Å². The molecule has 0 spiro atoms. The standard InChI is InChI=1S/C16H23N3O2.HI/c1-6-10-18-16(17-2)19(3)11-9-13-7-8-14(20-4)15(12-13)21-5;/h1,7-8,12H,9-11H2,2-5H3,(H,17,18);1H. The van der Waals surface area contributed by atoms with Crippen LogP contribution >= 0.6 is 24.0 Å². The van der Waals surface area contributed by atoms with Gasteiger partial charge in [-0.1, -0.05) is 12.0 Å². The Morgan fingerprint density at radius 2 is 2.00 bits per heavy atom. The van der Waals surface area contributed by atoms with Crippen molar-refractivity contribution in [1.82, 2.24) is 10.2 Å². The third-order valence-electron chi connectivity index (χ3n) is 3.11. The van der Waals surface area contributed by atoms with E-state index in [1.807, 2.05) is 30.1 Å². The van der Waals surface area contributed by atoms with Crippen LogP contribution in [0.15, 0.2) is 23.2 Å². The first-order valence-corrected chi connectivity index (χ1v) is 6.72. The zero-order chi connectivity index (χ0) is 15.7. The lowest BCUT2D eigenvalue weighted by Gasteiger charge is -2.21. The molecule has 0 saturated heterocycles. The van der Waals surface area contributed by atoms with Crippen LogP contribution in [0.2, 0.25) is 0 Å². The fourth-order valence-corrected chi connectivity index (χ4v) is 1.95. The van der Waals surface area contributed by atoms with Gasteiger partial charge in [0.15, 0.2) is 17.5 Å². The molecule has 1 rings (SSSR count). The highest BCUT2D eigenvalue weighted by molar-refractivity contribution is 14.0. The van der Waals surface area contributed by atoms with Gasteiger partial charge in [-0.05, 0) is 24.1 Å². The molecule has 22 heavy (non-hydrogen) atoms. The fraction of sp³-hybridized carbons (Fsp3) is 0.438. The van der Waals surface area contributed by atoms with Crippen molar-refractivity contribution in [3.8, 4) is 23.8 Å². The second-order valence-electron chi connectivity index (χ2n) is 4.47. The van der Waals surface area contributed by atoms with Crippen molar-refractivity contribution in [1.29, 1.82) is 0 Å². The fourth-order valence-electron chi connectivity index (χ4n) is 1.95. The van der Waals surface area contributed by atoms with Crippen molar-refractivity contribution in [2.75, 3.05) is 41.4 Å². The van der Waals surface area contributed by atoms with Crippen molar-refractivity contribution in [2.24, 2.45) is 4.99 Å². The molecule has 0 amide bonds. The average Bonchev–Trinajstić information content (AvgIpc) is 2.53. The highest BCUT2D eigenvalue weighted by Crippen LogP contribution is 2.27. The largest absolute Gasteiger partial charge is 0.493 e. The minimum Gasteiger partial charge on any atom is -0.493 e. The van der Waals surface area contributed by atoms with Crippen molar-refractivity contribution < 1.29 is 9.47 Å². The maximum atomic E-state index is 5.31. The summed E-state index contributed by atoms with van der Waals surface area (Å²) in [5.74, 6) is 4.81. The van der Waals surface area contributed by atoms with Crippen LogP contribution in [0.4, 0.5) is 0 Å². The van der Waals surface area contributed by atoms with E-state index in [4.69, 9.17) is 15.9 Å². The average molecular weight is 417 g/mol. The number of nitrogens with one attached hydrogen (secondary N) is 1. The van der Waals surface area contributed by atoms with Gasteiger partial charge in [0.25, 0.3) is 0 Å². The first-order chi connectivity index (χ1) is 10.2. The van der Waals surface area contributed by atoms with E-state index in [1.54, 1.807) is 21.3 Å². The molecule has 122 valence electrons. The molecule has 0 aliphatic heterocycles. The summed E-state index contributed by atoms with van der Waals surface area (Å²) in [4.78, 5) is 6.23. The number of nitrogens with zero attached hydrogens (tertiary/aromatic N) is 2. The van der Waals surface area contributed by atoms with E-state index in [9.17, 15) is 0 Å². The summed E-state index contributed by atoms with van der Waals surface area (Å²) in [6.45, 7) is 1.28. The maximum absolute atomic E-state index is 5.31. The summed E-state index contributed by atoms with van der Waals surface area (Å²) in [5, 5.41) is 3.09. The van der Waals surface area contributed by atoms with Crippen molar-refractivity contribution in [3.63, 3.8) is 0 Å². The normalized spacial score (nSPS) is 10.2. The van der Waals surface area contributed by atoms with Gasteiger partial charge in [0.05, 0.1) is 20.8 Å². The Morgan fingerprint density at radius 3 is 2.55 bits per heavy atom. The summed E-state index contributed by atoms with van der Waals surface area (Å²) in [6, 6.07) is 5.94. The molecule has 5 nitrogen and oxygen atoms in total. The van der Waals surface area contributed by atoms with E-state index in [-0.39, 0.29) is 24.0 Å². The summed E-state index contributed by atoms with van der Waals surface area (Å²) >= 11 is 0. The maximum Gasteiger partial charge on any atom is 0.194 e. The van der Waals surface area contributed by atoms with Gasteiger partial charge in [-0.25, -0.2) is 0 Å². The van der Waals surface area contributed by atoms with Gasteiger partial charge in [-0.2, -0.15) is 0 Å². The molecule has 0 fully saturated rings. The molecule has 0 bridgehead atoms. The zero-order valence-corrected chi connectivity index (χ0v) is 15.9. The minimum absolute atomic E-state index is 0. The Labute approximate surface area is 150 Å². The van der Waals surface area contributed by atoms with Crippen LogP contribution in [-0.4, -0.2) is 52.3 Å². The molecule has 0 aromatic heterocycles. The number of hydrogen-bond acceptors (Lipinski definition) is 3. The summed E-state index contributed by atoms with van der Waals surface area (Å²) in [7, 11) is 6.99. The van der Waals surface area contributed by atoms with Crippen LogP contribution in [0, 0.1) is 12.3 Å². The molecule has 0 unspecified atom stereocenters. The van der Waals surface area contributed by atoms with E-state index in [1.165, 1.54) is 5.56 Å². The summed E-state index contributed by atoms with van der Waals surface area (Å²) in [6.07, 6.45) is 6.11. The van der Waals surface area contributed by atoms with Gasteiger partial charge in [0.1, 0.15) is 0 Å². The van der Waals surface area contributed by atoms with Crippen LogP contribution in [0.3, 0.4) is 0 Å². The SMILES string of the molecule is C#CCNC(=NC)N(C)CCc1ccc(OC)c(OC)c1.I. The highest BCUT2D eigenvalue weighted by Gasteiger charge is 2.07.